The number of benzene rings is 2. The van der Waals surface area contributed by atoms with Gasteiger partial charge in [0.25, 0.3) is 5.91 Å². The lowest BCUT2D eigenvalue weighted by molar-refractivity contribution is -0.908. The van der Waals surface area contributed by atoms with Crippen molar-refractivity contribution in [3.63, 3.8) is 0 Å². The third-order valence-electron chi connectivity index (χ3n) is 4.66. The molecule has 0 saturated heterocycles. The average molecular weight is 377 g/mol. The predicted octanol–water partition coefficient (Wildman–Crippen LogP) is 1.87. The zero-order chi connectivity index (χ0) is 18.8. The van der Waals surface area contributed by atoms with Crippen LogP contribution in [0.2, 0.25) is 5.02 Å². The molecule has 5 nitrogen and oxygen atoms in total. The minimum Gasteiger partial charge on any atom is -0.323 e. The van der Waals surface area contributed by atoms with Gasteiger partial charge < -0.3 is 10.2 Å². The highest BCUT2D eigenvalue weighted by Crippen LogP contribution is 2.29. The molecule has 1 unspecified atom stereocenters. The molecule has 0 aliphatic carbocycles. The SMILES string of the molecule is C[C@@H](C(=O)N1CC(=O)Nc2ccccc21)[NH+](C)Cc1c(F)cccc1Cl. The van der Waals surface area contributed by atoms with E-state index in [4.69, 9.17) is 11.6 Å². The quantitative estimate of drug-likeness (QED) is 0.856. The lowest BCUT2D eigenvalue weighted by atomic mass is 10.1. The number of para-hydroxylation sites is 2. The van der Waals surface area contributed by atoms with E-state index in [1.165, 1.54) is 11.0 Å². The summed E-state index contributed by atoms with van der Waals surface area (Å²) in [5, 5.41) is 3.10. The molecule has 0 fully saturated rings. The summed E-state index contributed by atoms with van der Waals surface area (Å²) in [5.74, 6) is -0.824. The topological polar surface area (TPSA) is 53.9 Å². The van der Waals surface area contributed by atoms with Gasteiger partial charge in [-0.1, -0.05) is 29.8 Å². The van der Waals surface area contributed by atoms with E-state index in [9.17, 15) is 14.0 Å². The van der Waals surface area contributed by atoms with Crippen molar-refractivity contribution in [2.24, 2.45) is 0 Å². The third-order valence-corrected chi connectivity index (χ3v) is 5.02. The molecule has 2 aromatic carbocycles. The Bertz CT molecular complexity index is 838. The second-order valence-electron chi connectivity index (χ2n) is 6.43. The van der Waals surface area contributed by atoms with Gasteiger partial charge in [0.1, 0.15) is 18.9 Å². The second kappa shape index (κ2) is 7.43. The molecule has 0 spiro atoms. The van der Waals surface area contributed by atoms with Crippen LogP contribution in [0.15, 0.2) is 42.5 Å². The first-order valence-corrected chi connectivity index (χ1v) is 8.71. The average Bonchev–Trinajstić information content (AvgIpc) is 2.62. The summed E-state index contributed by atoms with van der Waals surface area (Å²) in [5.41, 5.74) is 1.66. The molecule has 3 rings (SSSR count). The molecule has 26 heavy (non-hydrogen) atoms. The zero-order valence-corrected chi connectivity index (χ0v) is 15.3. The molecule has 2 atom stereocenters. The van der Waals surface area contributed by atoms with E-state index in [0.29, 0.717) is 22.0 Å². The molecular formula is C19H20ClFN3O2+. The Hall–Kier alpha value is -2.44. The van der Waals surface area contributed by atoms with Gasteiger partial charge in [-0.2, -0.15) is 0 Å². The zero-order valence-electron chi connectivity index (χ0n) is 14.6. The van der Waals surface area contributed by atoms with Gasteiger partial charge in [0.15, 0.2) is 6.04 Å². The Morgan fingerprint density at radius 2 is 2.04 bits per heavy atom. The van der Waals surface area contributed by atoms with Crippen LogP contribution in [-0.2, 0) is 16.1 Å². The molecule has 136 valence electrons. The number of carbonyl (C=O) groups excluding carboxylic acids is 2. The number of halogens is 2. The largest absolute Gasteiger partial charge is 0.323 e. The standard InChI is InChI=1S/C19H19ClFN3O2/c1-12(23(2)10-13-14(20)6-5-7-15(13)21)19(26)24-11-18(25)22-16-8-3-4-9-17(16)24/h3-9,12H,10-11H2,1-2H3,(H,22,25)/p+1/t12-/m0/s1. The number of likely N-dealkylation sites (N-methyl/N-ethyl adjacent to an activating group) is 1. The van der Waals surface area contributed by atoms with Crippen LogP contribution in [-0.4, -0.2) is 31.4 Å². The van der Waals surface area contributed by atoms with Crippen molar-refractivity contribution in [2.75, 3.05) is 23.8 Å². The molecule has 7 heteroatoms. The van der Waals surface area contributed by atoms with Crippen LogP contribution < -0.4 is 15.1 Å². The molecule has 2 amide bonds. The van der Waals surface area contributed by atoms with Crippen LogP contribution in [0.3, 0.4) is 0 Å². The highest BCUT2D eigenvalue weighted by molar-refractivity contribution is 6.31. The number of nitrogens with zero attached hydrogens (tertiary/aromatic N) is 1. The molecule has 2 N–H and O–H groups in total. The number of hydrogen-bond acceptors (Lipinski definition) is 2. The number of rotatable bonds is 4. The van der Waals surface area contributed by atoms with Crippen molar-refractivity contribution in [1.29, 1.82) is 0 Å². The number of carbonyl (C=O) groups is 2. The number of hydrogen-bond donors (Lipinski definition) is 2. The Labute approximate surface area is 156 Å². The first-order chi connectivity index (χ1) is 12.4. The van der Waals surface area contributed by atoms with E-state index in [2.05, 4.69) is 5.32 Å². The number of quaternary nitrogens is 1. The Kier molecular flexibility index (Phi) is 5.25. The maximum Gasteiger partial charge on any atom is 0.285 e. The molecule has 0 bridgehead atoms. The van der Waals surface area contributed by atoms with E-state index in [1.807, 2.05) is 6.07 Å². The van der Waals surface area contributed by atoms with Crippen molar-refractivity contribution in [3.05, 3.63) is 58.9 Å². The van der Waals surface area contributed by atoms with Crippen molar-refractivity contribution >= 4 is 34.8 Å². The fraction of sp³-hybridized carbons (Fsp3) is 0.263. The molecule has 1 heterocycles. The van der Waals surface area contributed by atoms with E-state index in [0.717, 1.165) is 4.90 Å². The lowest BCUT2D eigenvalue weighted by Crippen LogP contribution is -3.12. The van der Waals surface area contributed by atoms with Gasteiger partial charge in [0.2, 0.25) is 5.91 Å². The van der Waals surface area contributed by atoms with Crippen LogP contribution in [0, 0.1) is 5.82 Å². The first-order valence-electron chi connectivity index (χ1n) is 8.34. The van der Waals surface area contributed by atoms with Crippen LogP contribution >= 0.6 is 11.6 Å². The van der Waals surface area contributed by atoms with Crippen molar-refractivity contribution in [3.8, 4) is 0 Å². The molecule has 2 aromatic rings. The van der Waals surface area contributed by atoms with Gasteiger partial charge in [-0.25, -0.2) is 4.39 Å². The van der Waals surface area contributed by atoms with Crippen LogP contribution in [0.5, 0.6) is 0 Å². The summed E-state index contributed by atoms with van der Waals surface area (Å²) < 4.78 is 14.0. The molecule has 1 aliphatic heterocycles. The minimum absolute atomic E-state index is 0.0338. The highest BCUT2D eigenvalue weighted by Gasteiger charge is 2.33. The first kappa shape index (κ1) is 18.4. The van der Waals surface area contributed by atoms with Gasteiger partial charge in [0, 0.05) is 0 Å². The van der Waals surface area contributed by atoms with Crippen molar-refractivity contribution < 1.29 is 18.9 Å². The summed E-state index contributed by atoms with van der Waals surface area (Å²) in [6.07, 6.45) is 0. The van der Waals surface area contributed by atoms with Crippen molar-refractivity contribution in [2.45, 2.75) is 19.5 Å². The maximum absolute atomic E-state index is 14.0. The summed E-state index contributed by atoms with van der Waals surface area (Å²) in [6.45, 7) is 2.00. The fourth-order valence-corrected chi connectivity index (χ4v) is 3.24. The molecular weight excluding hydrogens is 357 g/mol. The maximum atomic E-state index is 14.0. The minimum atomic E-state index is -0.482. The summed E-state index contributed by atoms with van der Waals surface area (Å²) in [7, 11) is 1.81. The smallest absolute Gasteiger partial charge is 0.285 e. The summed E-state index contributed by atoms with van der Waals surface area (Å²) in [6, 6.07) is 11.2. The normalized spacial score (nSPS) is 15.8. The Morgan fingerprint density at radius 3 is 2.77 bits per heavy atom. The van der Waals surface area contributed by atoms with Gasteiger partial charge in [-0.3, -0.25) is 14.5 Å². The monoisotopic (exact) mass is 376 g/mol. The lowest BCUT2D eigenvalue weighted by Gasteiger charge is -2.32. The molecule has 0 radical (unpaired) electrons. The van der Waals surface area contributed by atoms with E-state index < -0.39 is 6.04 Å². The van der Waals surface area contributed by atoms with E-state index in [-0.39, 0.29) is 30.7 Å². The number of anilines is 2. The van der Waals surface area contributed by atoms with Gasteiger partial charge >= 0.3 is 0 Å². The van der Waals surface area contributed by atoms with Crippen molar-refractivity contribution in [1.82, 2.24) is 0 Å². The van der Waals surface area contributed by atoms with Gasteiger partial charge in [0.05, 0.1) is 29.0 Å². The predicted molar refractivity (Wildman–Crippen MR) is 98.9 cm³/mol. The summed E-state index contributed by atoms with van der Waals surface area (Å²) >= 11 is 6.09. The number of amides is 2. The van der Waals surface area contributed by atoms with E-state index >= 15 is 0 Å². The number of fused-ring (bicyclic) bond motifs is 1. The van der Waals surface area contributed by atoms with Gasteiger partial charge in [-0.15, -0.1) is 0 Å². The third kappa shape index (κ3) is 3.57. The fourth-order valence-electron chi connectivity index (χ4n) is 3.01. The Balaban J connectivity index is 1.80. The van der Waals surface area contributed by atoms with Crippen LogP contribution in [0.25, 0.3) is 0 Å². The van der Waals surface area contributed by atoms with Crippen LogP contribution in [0.4, 0.5) is 15.8 Å². The van der Waals surface area contributed by atoms with Gasteiger partial charge in [-0.05, 0) is 31.2 Å². The summed E-state index contributed by atoms with van der Waals surface area (Å²) in [4.78, 5) is 27.2. The highest BCUT2D eigenvalue weighted by atomic mass is 35.5. The molecule has 0 saturated carbocycles. The number of nitrogens with one attached hydrogen (secondary N) is 2. The second-order valence-corrected chi connectivity index (χ2v) is 6.84. The van der Waals surface area contributed by atoms with Crippen LogP contribution in [0.1, 0.15) is 12.5 Å². The molecule has 1 aliphatic rings. The van der Waals surface area contributed by atoms with E-state index in [1.54, 1.807) is 44.3 Å². The Morgan fingerprint density at radius 1 is 1.31 bits per heavy atom. The molecule has 0 aromatic heterocycles.